The number of carbonyl (C=O) groups excluding carboxylic acids is 5. The molecular formula is C42H47NO11. The summed E-state index contributed by atoms with van der Waals surface area (Å²) in [6, 6.07) is 19.8. The van der Waals surface area contributed by atoms with Gasteiger partial charge in [0.2, 0.25) is 0 Å². The van der Waals surface area contributed by atoms with Crippen molar-refractivity contribution in [1.82, 2.24) is 4.98 Å². The second kappa shape index (κ2) is 15.0. The summed E-state index contributed by atoms with van der Waals surface area (Å²) in [5.41, 5.74) is -3.81. The van der Waals surface area contributed by atoms with Crippen molar-refractivity contribution in [1.29, 1.82) is 0 Å². The molecule has 1 saturated heterocycles. The monoisotopic (exact) mass is 741 g/mol. The molecule has 12 heteroatoms. The Morgan fingerprint density at radius 3 is 1.87 bits per heavy atom. The van der Waals surface area contributed by atoms with Gasteiger partial charge < -0.3 is 28.4 Å². The van der Waals surface area contributed by atoms with Crippen molar-refractivity contribution in [3.63, 3.8) is 0 Å². The number of rotatable bonds is 10. The van der Waals surface area contributed by atoms with E-state index < -0.39 is 94.7 Å². The van der Waals surface area contributed by atoms with Crippen LogP contribution >= 0.6 is 0 Å². The SMILES string of the molecule is CCC(C)C(=O)OC1C2C(OC(C)=O)C3(OC2(C)C)C(C)CC(OC(=O)c2ccccc2)C(OC(=O)c2cccnc2)C3(C)C1OC(=O)c1ccccc1. The van der Waals surface area contributed by atoms with E-state index in [1.54, 1.807) is 94.4 Å². The minimum atomic E-state index is -1.71. The fourth-order valence-corrected chi connectivity index (χ4v) is 8.85. The number of pyridine rings is 1. The van der Waals surface area contributed by atoms with Gasteiger partial charge in [-0.25, -0.2) is 14.4 Å². The summed E-state index contributed by atoms with van der Waals surface area (Å²) >= 11 is 0. The molecule has 3 fully saturated rings. The molecule has 10 unspecified atom stereocenters. The van der Waals surface area contributed by atoms with E-state index >= 15 is 0 Å². The van der Waals surface area contributed by atoms with Gasteiger partial charge in [0.05, 0.1) is 39.5 Å². The number of hydrogen-bond acceptors (Lipinski definition) is 12. The standard InChI is InChI=1S/C42H47NO11/c1-8-24(2)36(45)51-32-31-34(49-26(4)44)42(54-40(31,5)6)25(3)22-30(50-37(46)27-16-11-9-12-17-27)33(52-39(48)29-20-15-21-43-23-29)41(42,7)35(32)53-38(47)28-18-13-10-14-19-28/h9-21,23-25,30-35H,8,22H2,1-7H3. The first kappa shape index (κ1) is 38.6. The Morgan fingerprint density at radius 2 is 1.31 bits per heavy atom. The predicted molar refractivity (Wildman–Crippen MR) is 193 cm³/mol. The van der Waals surface area contributed by atoms with Crippen molar-refractivity contribution in [3.05, 3.63) is 102 Å². The van der Waals surface area contributed by atoms with E-state index in [4.69, 9.17) is 28.4 Å². The molecule has 1 spiro atoms. The first-order valence-electron chi connectivity index (χ1n) is 18.4. The third-order valence-corrected chi connectivity index (χ3v) is 11.5. The summed E-state index contributed by atoms with van der Waals surface area (Å²) in [4.78, 5) is 73.0. The fraction of sp³-hybridized carbons (Fsp3) is 0.476. The Kier molecular flexibility index (Phi) is 10.7. The molecule has 2 heterocycles. The zero-order valence-corrected chi connectivity index (χ0v) is 31.6. The van der Waals surface area contributed by atoms with E-state index in [2.05, 4.69) is 4.98 Å². The van der Waals surface area contributed by atoms with Gasteiger partial charge in [-0.05, 0) is 75.9 Å². The molecule has 0 radical (unpaired) electrons. The Bertz CT molecular complexity index is 1870. The van der Waals surface area contributed by atoms with Crippen LogP contribution in [-0.2, 0) is 38.0 Å². The van der Waals surface area contributed by atoms with Gasteiger partial charge in [-0.1, -0.05) is 57.2 Å². The second-order valence-electron chi connectivity index (χ2n) is 15.3. The number of nitrogens with zero attached hydrogens (tertiary/aromatic N) is 1. The van der Waals surface area contributed by atoms with Gasteiger partial charge in [0.15, 0.2) is 12.2 Å². The van der Waals surface area contributed by atoms with Crippen LogP contribution in [0.25, 0.3) is 0 Å². The van der Waals surface area contributed by atoms with Crippen LogP contribution in [0.2, 0.25) is 0 Å². The molecule has 2 bridgehead atoms. The third-order valence-electron chi connectivity index (χ3n) is 11.5. The lowest BCUT2D eigenvalue weighted by atomic mass is 9.47. The topological polar surface area (TPSA) is 154 Å². The van der Waals surface area contributed by atoms with Crippen molar-refractivity contribution in [2.24, 2.45) is 23.2 Å². The summed E-state index contributed by atoms with van der Waals surface area (Å²) in [6.45, 7) is 12.0. The van der Waals surface area contributed by atoms with Crippen molar-refractivity contribution >= 4 is 29.8 Å². The first-order chi connectivity index (χ1) is 25.6. The Hall–Kier alpha value is -5.10. The number of aromatic nitrogens is 1. The maximum absolute atomic E-state index is 14.2. The molecule has 0 amide bonds. The highest BCUT2D eigenvalue weighted by Gasteiger charge is 2.84. The van der Waals surface area contributed by atoms with Crippen molar-refractivity contribution in [2.45, 2.75) is 103 Å². The smallest absolute Gasteiger partial charge is 0.340 e. The van der Waals surface area contributed by atoms with E-state index in [0.717, 1.165) is 0 Å². The molecule has 3 aliphatic rings. The molecule has 12 nitrogen and oxygen atoms in total. The van der Waals surface area contributed by atoms with Crippen LogP contribution in [0.4, 0.5) is 0 Å². The highest BCUT2D eigenvalue weighted by atomic mass is 16.6. The summed E-state index contributed by atoms with van der Waals surface area (Å²) in [6.07, 6.45) is -2.91. The predicted octanol–water partition coefficient (Wildman–Crippen LogP) is 6.17. The maximum atomic E-state index is 14.2. The van der Waals surface area contributed by atoms with E-state index in [9.17, 15) is 24.0 Å². The van der Waals surface area contributed by atoms with Crippen LogP contribution < -0.4 is 0 Å². The lowest BCUT2D eigenvalue weighted by molar-refractivity contribution is -0.311. The van der Waals surface area contributed by atoms with E-state index in [1.165, 1.54) is 25.4 Å². The number of benzene rings is 2. The number of fused-ring (bicyclic) bond motifs is 1. The van der Waals surface area contributed by atoms with Crippen LogP contribution in [0, 0.1) is 23.2 Å². The van der Waals surface area contributed by atoms with E-state index in [-0.39, 0.29) is 23.1 Å². The summed E-state index contributed by atoms with van der Waals surface area (Å²) < 4.78 is 39.0. The van der Waals surface area contributed by atoms with Crippen molar-refractivity contribution < 1.29 is 52.4 Å². The van der Waals surface area contributed by atoms with Gasteiger partial charge in [0, 0.05) is 19.3 Å². The maximum Gasteiger partial charge on any atom is 0.340 e. The zero-order valence-electron chi connectivity index (χ0n) is 31.6. The Morgan fingerprint density at radius 1 is 0.759 bits per heavy atom. The lowest BCUT2D eigenvalue weighted by Crippen LogP contribution is -2.79. The second-order valence-corrected chi connectivity index (χ2v) is 15.3. The highest BCUT2D eigenvalue weighted by Crippen LogP contribution is 2.68. The number of hydrogen-bond donors (Lipinski definition) is 0. The highest BCUT2D eigenvalue weighted by molar-refractivity contribution is 5.91. The van der Waals surface area contributed by atoms with Crippen LogP contribution in [0.1, 0.15) is 92.4 Å². The molecule has 0 N–H and O–H groups in total. The van der Waals surface area contributed by atoms with Crippen molar-refractivity contribution in [2.75, 3.05) is 0 Å². The molecule has 2 aromatic carbocycles. The normalized spacial score (nSPS) is 31.2. The molecule has 286 valence electrons. The van der Waals surface area contributed by atoms with Crippen molar-refractivity contribution in [3.8, 4) is 0 Å². The number of ether oxygens (including phenoxy) is 6. The average Bonchev–Trinajstić information content (AvgIpc) is 3.36. The molecule has 1 aromatic heterocycles. The Labute approximate surface area is 314 Å². The van der Waals surface area contributed by atoms with Gasteiger partial charge in [-0.3, -0.25) is 14.6 Å². The van der Waals surface area contributed by atoms with Gasteiger partial charge in [-0.2, -0.15) is 0 Å². The van der Waals surface area contributed by atoms with Gasteiger partial charge in [-0.15, -0.1) is 0 Å². The first-order valence-corrected chi connectivity index (χ1v) is 18.4. The molecule has 3 aromatic rings. The van der Waals surface area contributed by atoms with Crippen LogP contribution in [-0.4, -0.2) is 76.6 Å². The molecule has 54 heavy (non-hydrogen) atoms. The summed E-state index contributed by atoms with van der Waals surface area (Å²) in [5, 5.41) is 0. The summed E-state index contributed by atoms with van der Waals surface area (Å²) in [5.74, 6) is -5.37. The third kappa shape index (κ3) is 6.65. The fourth-order valence-electron chi connectivity index (χ4n) is 8.85. The molecule has 2 saturated carbocycles. The summed E-state index contributed by atoms with van der Waals surface area (Å²) in [7, 11) is 0. The minimum Gasteiger partial charge on any atom is -0.459 e. The van der Waals surface area contributed by atoms with Gasteiger partial charge in [0.1, 0.15) is 23.9 Å². The van der Waals surface area contributed by atoms with E-state index in [1.807, 2.05) is 13.8 Å². The molecule has 6 rings (SSSR count). The van der Waals surface area contributed by atoms with E-state index in [0.29, 0.717) is 6.42 Å². The van der Waals surface area contributed by atoms with Crippen LogP contribution in [0.5, 0.6) is 0 Å². The quantitative estimate of drug-likeness (QED) is 0.172. The molecule has 10 atom stereocenters. The average molecular weight is 742 g/mol. The lowest BCUT2D eigenvalue weighted by Gasteiger charge is -2.63. The number of esters is 5. The molecule has 1 aliphatic heterocycles. The Balaban J connectivity index is 1.60. The molecular weight excluding hydrogens is 694 g/mol. The van der Waals surface area contributed by atoms with Gasteiger partial charge in [0.25, 0.3) is 0 Å². The minimum absolute atomic E-state index is 0.0936. The van der Waals surface area contributed by atoms with Crippen LogP contribution in [0.15, 0.2) is 85.2 Å². The number of carbonyl (C=O) groups is 5. The largest absolute Gasteiger partial charge is 0.459 e. The van der Waals surface area contributed by atoms with Crippen LogP contribution in [0.3, 0.4) is 0 Å². The zero-order chi connectivity index (χ0) is 39.0. The van der Waals surface area contributed by atoms with Gasteiger partial charge >= 0.3 is 29.8 Å². The molecule has 2 aliphatic carbocycles.